The van der Waals surface area contributed by atoms with Crippen molar-refractivity contribution in [2.45, 2.75) is 37.6 Å². The van der Waals surface area contributed by atoms with Crippen LogP contribution >= 0.6 is 0 Å². The van der Waals surface area contributed by atoms with Gasteiger partial charge in [0, 0.05) is 12.4 Å². The lowest BCUT2D eigenvalue weighted by molar-refractivity contribution is 0.0898. The van der Waals surface area contributed by atoms with Gasteiger partial charge in [0.15, 0.2) is 11.5 Å². The average Bonchev–Trinajstić information content (AvgIpc) is 2.40. The molecular weight excluding hydrogens is 230 g/mol. The molecule has 0 saturated heterocycles. The van der Waals surface area contributed by atoms with Crippen LogP contribution in [0.3, 0.4) is 0 Å². The average molecular weight is 245 g/mol. The van der Waals surface area contributed by atoms with Crippen molar-refractivity contribution in [1.82, 2.24) is 15.3 Å². The first-order valence-electron chi connectivity index (χ1n) is 5.97. The number of rotatable bonds is 2. The second-order valence-corrected chi connectivity index (χ2v) is 4.50. The molecule has 6 heteroatoms. The van der Waals surface area contributed by atoms with E-state index in [0.717, 1.165) is 19.3 Å². The molecule has 1 amide bonds. The van der Waals surface area contributed by atoms with E-state index in [1.807, 2.05) is 0 Å². The van der Waals surface area contributed by atoms with E-state index in [-0.39, 0.29) is 11.5 Å². The molecule has 1 fully saturated rings. The predicted octanol–water partition coefficient (Wildman–Crippen LogP) is 1.02. The SMILES string of the molecule is N#CC1(NC(=O)c2nccnc2N)CCCCC1. The van der Waals surface area contributed by atoms with Crippen molar-refractivity contribution >= 4 is 11.7 Å². The summed E-state index contributed by atoms with van der Waals surface area (Å²) < 4.78 is 0. The lowest BCUT2D eigenvalue weighted by atomic mass is 9.83. The minimum absolute atomic E-state index is 0.0812. The highest BCUT2D eigenvalue weighted by atomic mass is 16.2. The number of hydrogen-bond acceptors (Lipinski definition) is 5. The maximum Gasteiger partial charge on any atom is 0.274 e. The molecule has 1 aliphatic carbocycles. The highest BCUT2D eigenvalue weighted by molar-refractivity contribution is 5.96. The maximum atomic E-state index is 12.1. The largest absolute Gasteiger partial charge is 0.382 e. The molecule has 6 nitrogen and oxygen atoms in total. The van der Waals surface area contributed by atoms with Gasteiger partial charge in [-0.2, -0.15) is 5.26 Å². The molecule has 94 valence electrons. The Kier molecular flexibility index (Phi) is 3.42. The fraction of sp³-hybridized carbons (Fsp3) is 0.500. The van der Waals surface area contributed by atoms with Gasteiger partial charge in [-0.05, 0) is 12.8 Å². The molecule has 0 bridgehead atoms. The molecular formula is C12H15N5O. The molecule has 1 aromatic rings. The number of anilines is 1. The summed E-state index contributed by atoms with van der Waals surface area (Å²) in [5, 5.41) is 12.0. The molecule has 0 radical (unpaired) electrons. The molecule has 0 atom stereocenters. The van der Waals surface area contributed by atoms with Crippen molar-refractivity contribution in [3.8, 4) is 6.07 Å². The van der Waals surface area contributed by atoms with Gasteiger partial charge in [0.25, 0.3) is 5.91 Å². The molecule has 1 aromatic heterocycles. The molecule has 3 N–H and O–H groups in total. The van der Waals surface area contributed by atoms with E-state index in [1.54, 1.807) is 0 Å². The van der Waals surface area contributed by atoms with Crippen molar-refractivity contribution in [2.75, 3.05) is 5.73 Å². The summed E-state index contributed by atoms with van der Waals surface area (Å²) in [6.07, 6.45) is 7.18. The van der Waals surface area contributed by atoms with E-state index in [4.69, 9.17) is 5.73 Å². The Morgan fingerprint density at radius 2 is 2.00 bits per heavy atom. The van der Waals surface area contributed by atoms with Crippen molar-refractivity contribution in [3.63, 3.8) is 0 Å². The fourth-order valence-corrected chi connectivity index (χ4v) is 2.22. The van der Waals surface area contributed by atoms with Gasteiger partial charge in [0.05, 0.1) is 6.07 Å². The summed E-state index contributed by atoms with van der Waals surface area (Å²) >= 11 is 0. The molecule has 0 aromatic carbocycles. The van der Waals surface area contributed by atoms with Crippen LogP contribution in [0, 0.1) is 11.3 Å². The zero-order chi connectivity index (χ0) is 13.0. The number of nitrogens with two attached hydrogens (primary N) is 1. The zero-order valence-electron chi connectivity index (χ0n) is 10.0. The summed E-state index contributed by atoms with van der Waals surface area (Å²) in [5.41, 5.74) is 4.90. The highest BCUT2D eigenvalue weighted by Crippen LogP contribution is 2.27. The molecule has 1 aliphatic rings. The number of hydrogen-bond donors (Lipinski definition) is 2. The van der Waals surface area contributed by atoms with Crippen LogP contribution in [0.15, 0.2) is 12.4 Å². The summed E-state index contributed by atoms with van der Waals surface area (Å²) in [7, 11) is 0. The van der Waals surface area contributed by atoms with Gasteiger partial charge in [-0.25, -0.2) is 9.97 Å². The zero-order valence-corrected chi connectivity index (χ0v) is 10.0. The number of nitrogen functional groups attached to an aromatic ring is 1. The molecule has 18 heavy (non-hydrogen) atoms. The summed E-state index contributed by atoms with van der Waals surface area (Å²) in [6.45, 7) is 0. The maximum absolute atomic E-state index is 12.1. The van der Waals surface area contributed by atoms with Crippen LogP contribution < -0.4 is 11.1 Å². The van der Waals surface area contributed by atoms with Gasteiger partial charge in [-0.1, -0.05) is 19.3 Å². The van der Waals surface area contributed by atoms with Gasteiger partial charge in [0.1, 0.15) is 5.54 Å². The van der Waals surface area contributed by atoms with Gasteiger partial charge in [-0.3, -0.25) is 4.79 Å². The van der Waals surface area contributed by atoms with Crippen molar-refractivity contribution in [2.24, 2.45) is 0 Å². The fourth-order valence-electron chi connectivity index (χ4n) is 2.22. The quantitative estimate of drug-likeness (QED) is 0.809. The van der Waals surface area contributed by atoms with Gasteiger partial charge < -0.3 is 11.1 Å². The summed E-state index contributed by atoms with van der Waals surface area (Å²) in [4.78, 5) is 19.8. The van der Waals surface area contributed by atoms with Crippen molar-refractivity contribution < 1.29 is 4.79 Å². The molecule has 1 saturated carbocycles. The van der Waals surface area contributed by atoms with E-state index in [0.29, 0.717) is 12.8 Å². The molecule has 1 heterocycles. The van der Waals surface area contributed by atoms with Crippen molar-refractivity contribution in [1.29, 1.82) is 5.26 Å². The second kappa shape index (κ2) is 5.00. The van der Waals surface area contributed by atoms with Crippen LogP contribution in [0.4, 0.5) is 5.82 Å². The van der Waals surface area contributed by atoms with Gasteiger partial charge >= 0.3 is 0 Å². The monoisotopic (exact) mass is 245 g/mol. The Balaban J connectivity index is 2.16. The van der Waals surface area contributed by atoms with Crippen LogP contribution in [-0.2, 0) is 0 Å². The van der Waals surface area contributed by atoms with Gasteiger partial charge in [-0.15, -0.1) is 0 Å². The normalized spacial score (nSPS) is 17.7. The Labute approximate surface area is 105 Å². The first kappa shape index (κ1) is 12.3. The number of amides is 1. The van der Waals surface area contributed by atoms with Crippen LogP contribution in [0.25, 0.3) is 0 Å². The lowest BCUT2D eigenvalue weighted by Crippen LogP contribution is -2.49. The summed E-state index contributed by atoms with van der Waals surface area (Å²) in [6, 6.07) is 2.22. The number of nitrogens with zero attached hydrogens (tertiary/aromatic N) is 3. The van der Waals surface area contributed by atoms with E-state index < -0.39 is 11.4 Å². The minimum atomic E-state index is -0.778. The Bertz CT molecular complexity index is 487. The minimum Gasteiger partial charge on any atom is -0.382 e. The standard InChI is InChI=1S/C12H15N5O/c13-8-12(4-2-1-3-5-12)17-11(18)9-10(14)16-7-6-15-9/h6-7H,1-5H2,(H2,14,16)(H,17,18). The van der Waals surface area contributed by atoms with E-state index in [2.05, 4.69) is 21.4 Å². The smallest absolute Gasteiger partial charge is 0.274 e. The second-order valence-electron chi connectivity index (χ2n) is 4.50. The van der Waals surface area contributed by atoms with E-state index in [1.165, 1.54) is 12.4 Å². The summed E-state index contributed by atoms with van der Waals surface area (Å²) in [5.74, 6) is -0.344. The lowest BCUT2D eigenvalue weighted by Gasteiger charge is -2.31. The molecule has 0 aliphatic heterocycles. The third kappa shape index (κ3) is 2.40. The third-order valence-electron chi connectivity index (χ3n) is 3.22. The molecule has 2 rings (SSSR count). The van der Waals surface area contributed by atoms with Gasteiger partial charge in [0.2, 0.25) is 0 Å². The molecule has 0 spiro atoms. The van der Waals surface area contributed by atoms with Crippen LogP contribution in [0.2, 0.25) is 0 Å². The third-order valence-corrected chi connectivity index (χ3v) is 3.22. The number of nitrogens with one attached hydrogen (secondary N) is 1. The highest BCUT2D eigenvalue weighted by Gasteiger charge is 2.34. The topological polar surface area (TPSA) is 105 Å². The first-order valence-corrected chi connectivity index (χ1v) is 5.97. The Hall–Kier alpha value is -2.16. The first-order chi connectivity index (χ1) is 8.67. The molecule has 0 unspecified atom stereocenters. The Morgan fingerprint density at radius 1 is 1.33 bits per heavy atom. The Morgan fingerprint density at radius 3 is 2.61 bits per heavy atom. The number of carbonyl (C=O) groups is 1. The van der Waals surface area contributed by atoms with Crippen molar-refractivity contribution in [3.05, 3.63) is 18.1 Å². The van der Waals surface area contributed by atoms with E-state index >= 15 is 0 Å². The van der Waals surface area contributed by atoms with Crippen LogP contribution in [-0.4, -0.2) is 21.4 Å². The predicted molar refractivity (Wildman–Crippen MR) is 65.3 cm³/mol. The van der Waals surface area contributed by atoms with Crippen LogP contribution in [0.1, 0.15) is 42.6 Å². The van der Waals surface area contributed by atoms with Crippen LogP contribution in [0.5, 0.6) is 0 Å². The number of carbonyl (C=O) groups excluding carboxylic acids is 1. The van der Waals surface area contributed by atoms with E-state index in [9.17, 15) is 10.1 Å². The number of nitriles is 1. The number of aromatic nitrogens is 2.